The van der Waals surface area contributed by atoms with E-state index in [4.69, 9.17) is 4.74 Å². The second kappa shape index (κ2) is 9.35. The highest BCUT2D eigenvalue weighted by molar-refractivity contribution is 7.89. The van der Waals surface area contributed by atoms with Crippen molar-refractivity contribution in [2.75, 3.05) is 32.8 Å². The van der Waals surface area contributed by atoms with Gasteiger partial charge in [-0.1, -0.05) is 35.9 Å². The van der Waals surface area contributed by atoms with E-state index in [1.807, 2.05) is 6.92 Å². The van der Waals surface area contributed by atoms with Crippen LogP contribution in [0.25, 0.3) is 10.8 Å². The van der Waals surface area contributed by atoms with Crippen LogP contribution in [-0.4, -0.2) is 72.1 Å². The minimum Gasteiger partial charge on any atom is -0.451 e. The van der Waals surface area contributed by atoms with Crippen molar-refractivity contribution < 1.29 is 22.7 Å². The molecule has 0 radical (unpaired) electrons. The molecule has 10 nitrogen and oxygen atoms in total. The van der Waals surface area contributed by atoms with Gasteiger partial charge in [0.05, 0.1) is 10.3 Å². The number of benzene rings is 2. The number of nitrogens with zero attached hydrogens (tertiary/aromatic N) is 4. The smallest absolute Gasteiger partial charge is 0.359 e. The van der Waals surface area contributed by atoms with E-state index in [-0.39, 0.29) is 42.3 Å². The van der Waals surface area contributed by atoms with Crippen LogP contribution in [0.15, 0.2) is 58.2 Å². The molecule has 0 unspecified atom stereocenters. The quantitative estimate of drug-likeness (QED) is 0.494. The third-order valence-corrected chi connectivity index (χ3v) is 7.64. The molecule has 178 valence electrons. The Morgan fingerprint density at radius 3 is 2.24 bits per heavy atom. The molecule has 11 heteroatoms. The van der Waals surface area contributed by atoms with Crippen molar-refractivity contribution in [1.82, 2.24) is 19.0 Å². The summed E-state index contributed by atoms with van der Waals surface area (Å²) in [5.74, 6) is -1.25. The number of rotatable bonds is 5. The molecule has 2 heterocycles. The van der Waals surface area contributed by atoms with Crippen molar-refractivity contribution in [2.24, 2.45) is 7.05 Å². The lowest BCUT2D eigenvalue weighted by Crippen LogP contribution is -2.51. The van der Waals surface area contributed by atoms with Gasteiger partial charge >= 0.3 is 5.97 Å². The zero-order valence-corrected chi connectivity index (χ0v) is 19.6. The van der Waals surface area contributed by atoms with Gasteiger partial charge in [-0.05, 0) is 25.1 Å². The number of amides is 1. The molecular weight excluding hydrogens is 460 g/mol. The van der Waals surface area contributed by atoms with Crippen molar-refractivity contribution in [3.05, 3.63) is 70.1 Å². The van der Waals surface area contributed by atoms with E-state index < -0.39 is 28.5 Å². The number of hydrogen-bond acceptors (Lipinski definition) is 7. The molecule has 0 atom stereocenters. The lowest BCUT2D eigenvalue weighted by molar-refractivity contribution is -0.135. The summed E-state index contributed by atoms with van der Waals surface area (Å²) in [7, 11) is -2.21. The molecule has 34 heavy (non-hydrogen) atoms. The Labute approximate surface area is 196 Å². The van der Waals surface area contributed by atoms with Gasteiger partial charge in [-0.2, -0.15) is 9.40 Å². The largest absolute Gasteiger partial charge is 0.451 e. The zero-order valence-electron chi connectivity index (χ0n) is 18.8. The van der Waals surface area contributed by atoms with Crippen LogP contribution >= 0.6 is 0 Å². The first-order chi connectivity index (χ1) is 16.2. The summed E-state index contributed by atoms with van der Waals surface area (Å²) >= 11 is 0. The summed E-state index contributed by atoms with van der Waals surface area (Å²) in [5.41, 5.74) is 0.561. The molecule has 3 aromatic rings. The molecule has 0 aliphatic carbocycles. The molecular formula is C23H24N4O6S. The fraction of sp³-hybridized carbons (Fsp3) is 0.304. The highest BCUT2D eigenvalue weighted by atomic mass is 32.2. The van der Waals surface area contributed by atoms with Crippen LogP contribution in [0.3, 0.4) is 0 Å². The van der Waals surface area contributed by atoms with Crippen LogP contribution in [0, 0.1) is 6.92 Å². The second-order valence-electron chi connectivity index (χ2n) is 8.00. The molecule has 0 spiro atoms. The third-order valence-electron chi connectivity index (χ3n) is 5.73. The minimum atomic E-state index is -3.64. The highest BCUT2D eigenvalue weighted by Crippen LogP contribution is 2.18. The first-order valence-electron chi connectivity index (χ1n) is 10.7. The van der Waals surface area contributed by atoms with E-state index >= 15 is 0 Å². The summed E-state index contributed by atoms with van der Waals surface area (Å²) in [4.78, 5) is 39.1. The molecule has 1 saturated heterocycles. The van der Waals surface area contributed by atoms with Crippen molar-refractivity contribution in [2.45, 2.75) is 11.8 Å². The second-order valence-corrected chi connectivity index (χ2v) is 9.93. The molecule has 1 fully saturated rings. The van der Waals surface area contributed by atoms with Gasteiger partial charge in [0.15, 0.2) is 12.3 Å². The predicted octanol–water partition coefficient (Wildman–Crippen LogP) is 0.932. The Balaban J connectivity index is 1.37. The molecule has 1 amide bonds. The number of esters is 1. The van der Waals surface area contributed by atoms with Crippen LogP contribution in [0.2, 0.25) is 0 Å². The van der Waals surface area contributed by atoms with Crippen molar-refractivity contribution in [1.29, 1.82) is 0 Å². The zero-order chi connectivity index (χ0) is 24.5. The van der Waals surface area contributed by atoms with E-state index in [9.17, 15) is 22.8 Å². The maximum atomic E-state index is 12.8. The average molecular weight is 485 g/mol. The van der Waals surface area contributed by atoms with E-state index in [1.165, 1.54) is 16.3 Å². The summed E-state index contributed by atoms with van der Waals surface area (Å²) < 4.78 is 33.2. The lowest BCUT2D eigenvalue weighted by atomic mass is 10.1. The number of fused-ring (bicyclic) bond motifs is 1. The normalized spacial score (nSPS) is 14.8. The summed E-state index contributed by atoms with van der Waals surface area (Å²) in [5, 5.41) is 4.66. The average Bonchev–Trinajstić information content (AvgIpc) is 2.85. The number of piperazine rings is 1. The molecule has 1 aromatic heterocycles. The van der Waals surface area contributed by atoms with Crippen molar-refractivity contribution >= 4 is 32.7 Å². The van der Waals surface area contributed by atoms with E-state index in [2.05, 4.69) is 5.10 Å². The summed E-state index contributed by atoms with van der Waals surface area (Å²) in [6.45, 7) is 2.02. The van der Waals surface area contributed by atoms with E-state index in [0.717, 1.165) is 10.2 Å². The van der Waals surface area contributed by atoms with Gasteiger partial charge in [0.2, 0.25) is 10.0 Å². The fourth-order valence-electron chi connectivity index (χ4n) is 3.77. The number of sulfonamides is 1. The number of aromatic nitrogens is 2. The predicted molar refractivity (Wildman–Crippen MR) is 124 cm³/mol. The highest BCUT2D eigenvalue weighted by Gasteiger charge is 2.30. The monoisotopic (exact) mass is 484 g/mol. The maximum absolute atomic E-state index is 12.8. The Morgan fingerprint density at radius 1 is 0.971 bits per heavy atom. The van der Waals surface area contributed by atoms with E-state index in [0.29, 0.717) is 10.8 Å². The SMILES string of the molecule is Cc1ccc(S(=O)(=O)N2CCN(C(=O)COC(=O)c3nn(C)c(=O)c4ccccc34)CC2)cc1. The Morgan fingerprint density at radius 2 is 1.59 bits per heavy atom. The number of hydrogen-bond donors (Lipinski definition) is 0. The number of carbonyl (C=O) groups excluding carboxylic acids is 2. The standard InChI is InChI=1S/C23H24N4O6S/c1-16-7-9-17(10-8-16)34(31,32)27-13-11-26(12-14-27)20(28)15-33-23(30)21-18-5-3-4-6-19(18)22(29)25(2)24-21/h3-10H,11-15H2,1-2H3. The topological polar surface area (TPSA) is 119 Å². The van der Waals surface area contributed by atoms with Gasteiger partial charge < -0.3 is 9.64 Å². The molecule has 1 aliphatic rings. The summed E-state index contributed by atoms with van der Waals surface area (Å²) in [6.07, 6.45) is 0. The molecule has 0 bridgehead atoms. The minimum absolute atomic E-state index is 0.0560. The molecule has 0 N–H and O–H groups in total. The number of carbonyl (C=O) groups is 2. The van der Waals surface area contributed by atoms with Crippen LogP contribution in [-0.2, 0) is 26.6 Å². The van der Waals surface area contributed by atoms with Crippen molar-refractivity contribution in [3.63, 3.8) is 0 Å². The fourth-order valence-corrected chi connectivity index (χ4v) is 5.20. The Hall–Kier alpha value is -3.57. The number of aryl methyl sites for hydroxylation is 2. The Kier molecular flexibility index (Phi) is 6.49. The molecule has 0 saturated carbocycles. The van der Waals surface area contributed by atoms with Gasteiger partial charge in [0, 0.05) is 38.6 Å². The molecule has 1 aliphatic heterocycles. The van der Waals surface area contributed by atoms with Crippen LogP contribution < -0.4 is 5.56 Å². The van der Waals surface area contributed by atoms with Gasteiger partial charge in [0.1, 0.15) is 0 Å². The molecule has 2 aromatic carbocycles. The van der Waals surface area contributed by atoms with Crippen LogP contribution in [0.4, 0.5) is 0 Å². The third kappa shape index (κ3) is 4.57. The first-order valence-corrected chi connectivity index (χ1v) is 12.1. The summed E-state index contributed by atoms with van der Waals surface area (Å²) in [6, 6.07) is 13.2. The Bertz CT molecular complexity index is 1410. The van der Waals surface area contributed by atoms with Crippen molar-refractivity contribution in [3.8, 4) is 0 Å². The van der Waals surface area contributed by atoms with E-state index in [1.54, 1.807) is 48.5 Å². The maximum Gasteiger partial charge on any atom is 0.359 e. The van der Waals surface area contributed by atoms with Gasteiger partial charge in [-0.25, -0.2) is 17.9 Å². The van der Waals surface area contributed by atoms with Gasteiger partial charge in [0.25, 0.3) is 11.5 Å². The van der Waals surface area contributed by atoms with Gasteiger partial charge in [-0.3, -0.25) is 9.59 Å². The first kappa shape index (κ1) is 23.6. The number of ether oxygens (including phenoxy) is 1. The van der Waals surface area contributed by atoms with Crippen LogP contribution in [0.5, 0.6) is 0 Å². The van der Waals surface area contributed by atoms with Crippen LogP contribution in [0.1, 0.15) is 16.1 Å². The molecule has 4 rings (SSSR count). The van der Waals surface area contributed by atoms with Gasteiger partial charge in [-0.15, -0.1) is 0 Å². The lowest BCUT2D eigenvalue weighted by Gasteiger charge is -2.33.